The van der Waals surface area contributed by atoms with Gasteiger partial charge in [-0.25, -0.2) is 9.97 Å². The van der Waals surface area contributed by atoms with E-state index in [0.29, 0.717) is 11.4 Å². The predicted molar refractivity (Wildman–Crippen MR) is 153 cm³/mol. The Morgan fingerprint density at radius 1 is 0.975 bits per heavy atom. The highest BCUT2D eigenvalue weighted by molar-refractivity contribution is 5.98. The van der Waals surface area contributed by atoms with Gasteiger partial charge < -0.3 is 14.9 Å². The summed E-state index contributed by atoms with van der Waals surface area (Å²) in [5, 5.41) is 12.5. The molecule has 0 saturated carbocycles. The summed E-state index contributed by atoms with van der Waals surface area (Å²) in [5.74, 6) is -0.108. The number of rotatable bonds is 6. The average molecular weight is 526 g/mol. The van der Waals surface area contributed by atoms with Gasteiger partial charge in [-0.15, -0.1) is 0 Å². The number of anilines is 1. The first-order chi connectivity index (χ1) is 19.6. The Hall–Kier alpha value is -5.64. The third-order valence-electron chi connectivity index (χ3n) is 6.73. The fraction of sp³-hybridized carbons (Fsp3) is 0.0667. The van der Waals surface area contributed by atoms with Crippen LogP contribution >= 0.6 is 0 Å². The van der Waals surface area contributed by atoms with Crippen molar-refractivity contribution >= 4 is 33.5 Å². The van der Waals surface area contributed by atoms with Crippen LogP contribution in [0, 0.1) is 6.92 Å². The number of pyridine rings is 3. The number of nitrogens with one attached hydrogen (secondary N) is 3. The average Bonchev–Trinajstić information content (AvgIpc) is 3.71. The van der Waals surface area contributed by atoms with Gasteiger partial charge in [0.25, 0.3) is 0 Å². The van der Waals surface area contributed by atoms with E-state index in [-0.39, 0.29) is 12.3 Å². The Kier molecular flexibility index (Phi) is 5.63. The number of fused-ring (bicyclic) bond motifs is 2. The molecule has 10 nitrogen and oxygen atoms in total. The summed E-state index contributed by atoms with van der Waals surface area (Å²) in [6.07, 6.45) is 11.0. The van der Waals surface area contributed by atoms with E-state index in [9.17, 15) is 4.79 Å². The minimum absolute atomic E-state index is 0.108. The van der Waals surface area contributed by atoms with Crippen LogP contribution in [0.3, 0.4) is 0 Å². The molecule has 1 amide bonds. The topological polar surface area (TPSA) is 130 Å². The molecule has 7 rings (SSSR count). The van der Waals surface area contributed by atoms with Crippen LogP contribution in [0.5, 0.6) is 0 Å². The fourth-order valence-electron chi connectivity index (χ4n) is 4.83. The number of nitrogens with zero attached hydrogens (tertiary/aromatic N) is 6. The first-order valence-electron chi connectivity index (χ1n) is 12.7. The molecule has 0 unspecified atom stereocenters. The molecule has 0 aliphatic rings. The maximum absolute atomic E-state index is 12.6. The van der Waals surface area contributed by atoms with Crippen LogP contribution in [-0.2, 0) is 11.2 Å². The van der Waals surface area contributed by atoms with E-state index in [1.807, 2.05) is 72.3 Å². The summed E-state index contributed by atoms with van der Waals surface area (Å²) in [6.45, 7) is 1.96. The van der Waals surface area contributed by atoms with Crippen LogP contribution in [0.1, 0.15) is 11.3 Å². The van der Waals surface area contributed by atoms with Gasteiger partial charge >= 0.3 is 0 Å². The van der Waals surface area contributed by atoms with Gasteiger partial charge in [-0.2, -0.15) is 5.10 Å². The number of aryl methyl sites for hydroxylation is 1. The van der Waals surface area contributed by atoms with Crippen molar-refractivity contribution in [1.29, 1.82) is 0 Å². The van der Waals surface area contributed by atoms with Crippen LogP contribution in [-0.4, -0.2) is 45.6 Å². The number of carbonyl (C=O) groups is 1. The highest BCUT2D eigenvalue weighted by Crippen LogP contribution is 2.32. The number of H-pyrrole nitrogens is 2. The Morgan fingerprint density at radius 2 is 1.88 bits per heavy atom. The number of hydrogen-bond acceptors (Lipinski definition) is 6. The largest absolute Gasteiger partial charge is 0.338 e. The molecule has 0 radical (unpaired) electrons. The zero-order chi connectivity index (χ0) is 27.1. The van der Waals surface area contributed by atoms with Gasteiger partial charge in [-0.05, 0) is 36.8 Å². The number of amides is 1. The lowest BCUT2D eigenvalue weighted by Gasteiger charge is -2.07. The molecular weight excluding hydrogens is 502 g/mol. The van der Waals surface area contributed by atoms with E-state index in [1.165, 1.54) is 0 Å². The second-order valence-electron chi connectivity index (χ2n) is 9.56. The van der Waals surface area contributed by atoms with Gasteiger partial charge in [0, 0.05) is 34.9 Å². The van der Waals surface area contributed by atoms with E-state index < -0.39 is 0 Å². The maximum Gasteiger partial charge on any atom is 0.228 e. The molecule has 40 heavy (non-hydrogen) atoms. The SMILES string of the molecule is Cc1cn(-c2ccnc3[nH]c(-c4n[nH]c5cnc(-c6cncc(NC(=O)Cc7ccccc7)c6)cc45)cc23)cn1. The molecule has 0 aliphatic carbocycles. The van der Waals surface area contributed by atoms with Gasteiger partial charge in [-0.1, -0.05) is 30.3 Å². The smallest absolute Gasteiger partial charge is 0.228 e. The molecule has 0 bridgehead atoms. The second-order valence-corrected chi connectivity index (χ2v) is 9.56. The molecule has 1 aromatic carbocycles. The third kappa shape index (κ3) is 4.37. The molecule has 7 aromatic rings. The van der Waals surface area contributed by atoms with Crippen molar-refractivity contribution in [3.8, 4) is 28.3 Å². The minimum atomic E-state index is -0.108. The van der Waals surface area contributed by atoms with Crippen molar-refractivity contribution in [1.82, 2.24) is 39.7 Å². The molecule has 0 saturated heterocycles. The summed E-state index contributed by atoms with van der Waals surface area (Å²) in [7, 11) is 0. The normalized spacial score (nSPS) is 11.3. The van der Waals surface area contributed by atoms with E-state index in [4.69, 9.17) is 0 Å². The summed E-state index contributed by atoms with van der Waals surface area (Å²) in [4.78, 5) is 33.8. The zero-order valence-electron chi connectivity index (χ0n) is 21.5. The third-order valence-corrected chi connectivity index (χ3v) is 6.73. The molecule has 6 aromatic heterocycles. The Balaban J connectivity index is 1.21. The van der Waals surface area contributed by atoms with E-state index in [1.54, 1.807) is 31.1 Å². The molecule has 0 fully saturated rings. The molecule has 0 aliphatic heterocycles. The quantitative estimate of drug-likeness (QED) is 0.272. The number of aromatic amines is 2. The number of benzene rings is 1. The number of carbonyl (C=O) groups excluding carboxylic acids is 1. The number of hydrogen-bond donors (Lipinski definition) is 3. The molecule has 3 N–H and O–H groups in total. The fourth-order valence-corrected chi connectivity index (χ4v) is 4.83. The molecule has 6 heterocycles. The first-order valence-corrected chi connectivity index (χ1v) is 12.7. The monoisotopic (exact) mass is 525 g/mol. The Labute approximate surface area is 228 Å². The summed E-state index contributed by atoms with van der Waals surface area (Å²) in [5.41, 5.74) is 8.11. The van der Waals surface area contributed by atoms with Gasteiger partial charge in [0.05, 0.1) is 59.1 Å². The molecule has 0 spiro atoms. The van der Waals surface area contributed by atoms with Crippen LogP contribution in [0.15, 0.2) is 91.9 Å². The van der Waals surface area contributed by atoms with Gasteiger partial charge in [0.1, 0.15) is 11.3 Å². The lowest BCUT2D eigenvalue weighted by atomic mass is 10.1. The van der Waals surface area contributed by atoms with Gasteiger partial charge in [-0.3, -0.25) is 19.9 Å². The van der Waals surface area contributed by atoms with Crippen molar-refractivity contribution in [2.45, 2.75) is 13.3 Å². The van der Waals surface area contributed by atoms with E-state index in [2.05, 4.69) is 40.4 Å². The number of aromatic nitrogens is 8. The van der Waals surface area contributed by atoms with Crippen LogP contribution in [0.4, 0.5) is 5.69 Å². The summed E-state index contributed by atoms with van der Waals surface area (Å²) < 4.78 is 1.99. The minimum Gasteiger partial charge on any atom is -0.338 e. The van der Waals surface area contributed by atoms with Crippen molar-refractivity contribution < 1.29 is 4.79 Å². The molecule has 194 valence electrons. The van der Waals surface area contributed by atoms with E-state index >= 15 is 0 Å². The Bertz CT molecular complexity index is 2000. The predicted octanol–water partition coefficient (Wildman–Crippen LogP) is 5.24. The van der Waals surface area contributed by atoms with Gasteiger partial charge in [0.2, 0.25) is 5.91 Å². The van der Waals surface area contributed by atoms with Crippen LogP contribution in [0.25, 0.3) is 50.3 Å². The second kappa shape index (κ2) is 9.59. The summed E-state index contributed by atoms with van der Waals surface area (Å²) >= 11 is 0. The summed E-state index contributed by atoms with van der Waals surface area (Å²) in [6, 6.07) is 17.5. The maximum atomic E-state index is 12.6. The first kappa shape index (κ1) is 23.5. The number of imidazole rings is 1. The highest BCUT2D eigenvalue weighted by Gasteiger charge is 2.16. The molecular formula is C30H23N9O. The standard InChI is InChI=1S/C30H23N9O/c1-18-16-39(17-34-18)27-7-8-32-30-23(27)12-25(36-30)29-22-11-24(33-15-26(22)37-38-29)20-10-21(14-31-13-20)35-28(40)9-19-5-3-2-4-6-19/h2-8,10-17H,9H2,1H3,(H,32,36)(H,35,40)(H,37,38). The lowest BCUT2D eigenvalue weighted by molar-refractivity contribution is -0.115. The Morgan fingerprint density at radius 3 is 2.73 bits per heavy atom. The zero-order valence-corrected chi connectivity index (χ0v) is 21.5. The lowest BCUT2D eigenvalue weighted by Crippen LogP contribution is -2.14. The highest BCUT2D eigenvalue weighted by atomic mass is 16.1. The van der Waals surface area contributed by atoms with Crippen LogP contribution < -0.4 is 5.32 Å². The van der Waals surface area contributed by atoms with Crippen molar-refractivity contribution in [3.05, 3.63) is 103 Å². The van der Waals surface area contributed by atoms with E-state index in [0.717, 1.165) is 55.8 Å². The molecule has 10 heteroatoms. The van der Waals surface area contributed by atoms with Gasteiger partial charge in [0.15, 0.2) is 0 Å². The van der Waals surface area contributed by atoms with Crippen molar-refractivity contribution in [2.75, 3.05) is 5.32 Å². The van der Waals surface area contributed by atoms with Crippen molar-refractivity contribution in [3.63, 3.8) is 0 Å². The molecule has 0 atom stereocenters. The van der Waals surface area contributed by atoms with Crippen molar-refractivity contribution in [2.24, 2.45) is 0 Å². The van der Waals surface area contributed by atoms with Crippen LogP contribution in [0.2, 0.25) is 0 Å².